The van der Waals surface area contributed by atoms with Gasteiger partial charge < -0.3 is 16.8 Å². The Labute approximate surface area is 140 Å². The standard InChI is InChI=1S/C12H11Cl2N5O2S/c13-5-1-2-6(14)7(3-5)17-9(20)4-8-10(21)18-12(22-8)19-11(15)16/h1-3,8H,4H2,(H,17,20)(H4,15,16,18,19,21)/t8-/m1/s1. The maximum atomic E-state index is 12.0. The predicted molar refractivity (Wildman–Crippen MR) is 89.3 cm³/mol. The molecule has 0 radical (unpaired) electrons. The van der Waals surface area contributed by atoms with Crippen LogP contribution < -0.4 is 16.8 Å². The molecule has 0 aliphatic carbocycles. The Kier molecular flexibility index (Phi) is 5.28. The molecular formula is C12H11Cl2N5O2S. The molecule has 7 nitrogen and oxygen atoms in total. The van der Waals surface area contributed by atoms with E-state index >= 15 is 0 Å². The van der Waals surface area contributed by atoms with Crippen molar-refractivity contribution in [1.29, 1.82) is 0 Å². The third-order valence-electron chi connectivity index (χ3n) is 2.53. The minimum atomic E-state index is -0.670. The summed E-state index contributed by atoms with van der Waals surface area (Å²) in [5.74, 6) is -1.05. The summed E-state index contributed by atoms with van der Waals surface area (Å²) in [6.45, 7) is 0. The van der Waals surface area contributed by atoms with Gasteiger partial charge in [-0.25, -0.2) is 0 Å². The molecule has 0 bridgehead atoms. The van der Waals surface area contributed by atoms with Crippen molar-refractivity contribution < 1.29 is 9.59 Å². The number of amides is 2. The van der Waals surface area contributed by atoms with E-state index in [9.17, 15) is 9.59 Å². The fourth-order valence-electron chi connectivity index (χ4n) is 1.62. The summed E-state index contributed by atoms with van der Waals surface area (Å²) in [5, 5.41) is 2.85. The third-order valence-corrected chi connectivity index (χ3v) is 4.14. The number of aliphatic imine (C=N–C) groups is 2. The molecule has 1 aliphatic heterocycles. The molecule has 1 aromatic rings. The molecule has 0 saturated heterocycles. The van der Waals surface area contributed by atoms with E-state index in [0.29, 0.717) is 15.7 Å². The van der Waals surface area contributed by atoms with E-state index in [2.05, 4.69) is 15.3 Å². The summed E-state index contributed by atoms with van der Waals surface area (Å²) < 4.78 is 0. The number of halogens is 2. The van der Waals surface area contributed by atoms with Gasteiger partial charge in [-0.2, -0.15) is 9.98 Å². The van der Waals surface area contributed by atoms with E-state index in [1.807, 2.05) is 0 Å². The van der Waals surface area contributed by atoms with Gasteiger partial charge in [0.15, 0.2) is 11.1 Å². The first-order valence-corrected chi connectivity index (χ1v) is 7.62. The molecule has 0 aromatic heterocycles. The minimum absolute atomic E-state index is 0.0840. The molecule has 5 N–H and O–H groups in total. The Morgan fingerprint density at radius 1 is 1.41 bits per heavy atom. The SMILES string of the molecule is NC(N)=NC1=NC(=O)[C@@H](CC(=O)Nc2cc(Cl)ccc2Cl)S1. The Morgan fingerprint density at radius 2 is 2.14 bits per heavy atom. The van der Waals surface area contributed by atoms with Crippen molar-refractivity contribution in [2.24, 2.45) is 21.5 Å². The maximum Gasteiger partial charge on any atom is 0.262 e. The Morgan fingerprint density at radius 3 is 2.82 bits per heavy atom. The van der Waals surface area contributed by atoms with Gasteiger partial charge in [0.05, 0.1) is 10.7 Å². The van der Waals surface area contributed by atoms with Crippen LogP contribution in [-0.4, -0.2) is 28.2 Å². The van der Waals surface area contributed by atoms with Crippen LogP contribution in [0.2, 0.25) is 10.0 Å². The highest BCUT2D eigenvalue weighted by Gasteiger charge is 2.30. The number of hydrogen-bond donors (Lipinski definition) is 3. The molecule has 1 heterocycles. The lowest BCUT2D eigenvalue weighted by Crippen LogP contribution is -2.23. The molecule has 1 aromatic carbocycles. The van der Waals surface area contributed by atoms with Gasteiger partial charge in [0.1, 0.15) is 5.25 Å². The van der Waals surface area contributed by atoms with Gasteiger partial charge in [-0.05, 0) is 18.2 Å². The highest BCUT2D eigenvalue weighted by atomic mass is 35.5. The number of benzene rings is 1. The summed E-state index contributed by atoms with van der Waals surface area (Å²) in [6, 6.07) is 4.69. The molecule has 0 spiro atoms. The maximum absolute atomic E-state index is 12.0. The first kappa shape index (κ1) is 16.6. The third kappa shape index (κ3) is 4.36. The number of nitrogens with two attached hydrogens (primary N) is 2. The molecule has 0 unspecified atom stereocenters. The van der Waals surface area contributed by atoms with E-state index < -0.39 is 17.1 Å². The molecule has 0 fully saturated rings. The molecule has 2 amide bonds. The summed E-state index contributed by atoms with van der Waals surface area (Å²) in [7, 11) is 0. The lowest BCUT2D eigenvalue weighted by atomic mass is 10.2. The van der Waals surface area contributed by atoms with Gasteiger partial charge in [0.25, 0.3) is 5.91 Å². The first-order chi connectivity index (χ1) is 10.3. The van der Waals surface area contributed by atoms with Crippen molar-refractivity contribution in [3.8, 4) is 0 Å². The van der Waals surface area contributed by atoms with Gasteiger partial charge in [-0.15, -0.1) is 0 Å². The predicted octanol–water partition coefficient (Wildman–Crippen LogP) is 1.59. The summed E-state index contributed by atoms with van der Waals surface area (Å²) in [6.07, 6.45) is -0.0840. The van der Waals surface area contributed by atoms with Crippen LogP contribution in [0.5, 0.6) is 0 Å². The molecule has 2 rings (SSSR count). The van der Waals surface area contributed by atoms with Gasteiger partial charge in [0.2, 0.25) is 5.91 Å². The van der Waals surface area contributed by atoms with Crippen LogP contribution in [0.3, 0.4) is 0 Å². The lowest BCUT2D eigenvalue weighted by molar-refractivity contribution is -0.121. The number of anilines is 1. The van der Waals surface area contributed by atoms with Gasteiger partial charge in [0, 0.05) is 11.4 Å². The first-order valence-electron chi connectivity index (χ1n) is 5.99. The summed E-state index contributed by atoms with van der Waals surface area (Å²) in [4.78, 5) is 31.0. The van der Waals surface area contributed by atoms with Crippen LogP contribution in [0.4, 0.5) is 5.69 Å². The topological polar surface area (TPSA) is 123 Å². The minimum Gasteiger partial charge on any atom is -0.370 e. The number of amidine groups is 1. The van der Waals surface area contributed by atoms with Crippen LogP contribution in [0.25, 0.3) is 0 Å². The number of nitrogens with zero attached hydrogens (tertiary/aromatic N) is 2. The van der Waals surface area contributed by atoms with Crippen LogP contribution in [0.15, 0.2) is 28.2 Å². The van der Waals surface area contributed by atoms with E-state index in [0.717, 1.165) is 11.8 Å². The van der Waals surface area contributed by atoms with Crippen LogP contribution in [-0.2, 0) is 9.59 Å². The fourth-order valence-corrected chi connectivity index (χ4v) is 2.90. The summed E-state index contributed by atoms with van der Waals surface area (Å²) >= 11 is 12.8. The van der Waals surface area contributed by atoms with E-state index in [1.165, 1.54) is 6.07 Å². The van der Waals surface area contributed by atoms with Crippen LogP contribution in [0, 0.1) is 0 Å². The average molecular weight is 360 g/mol. The van der Waals surface area contributed by atoms with Crippen molar-refractivity contribution in [3.63, 3.8) is 0 Å². The monoisotopic (exact) mass is 359 g/mol. The van der Waals surface area contributed by atoms with Crippen molar-refractivity contribution in [2.75, 3.05) is 5.32 Å². The molecule has 1 atom stereocenters. The number of nitrogens with one attached hydrogen (secondary N) is 1. The number of carbonyl (C=O) groups is 2. The number of hydrogen-bond acceptors (Lipinski definition) is 4. The average Bonchev–Trinajstić information content (AvgIpc) is 2.73. The molecule has 10 heteroatoms. The largest absolute Gasteiger partial charge is 0.370 e. The van der Waals surface area contributed by atoms with Crippen LogP contribution >= 0.6 is 35.0 Å². The molecule has 116 valence electrons. The number of guanidine groups is 1. The Hall–Kier alpha value is -1.77. The smallest absolute Gasteiger partial charge is 0.262 e. The highest BCUT2D eigenvalue weighted by molar-refractivity contribution is 8.15. The van der Waals surface area contributed by atoms with Gasteiger partial charge in [-0.1, -0.05) is 35.0 Å². The molecule has 0 saturated carbocycles. The number of thioether (sulfide) groups is 1. The normalized spacial score (nSPS) is 17.1. The number of rotatable bonds is 3. The van der Waals surface area contributed by atoms with Crippen molar-refractivity contribution in [1.82, 2.24) is 0 Å². The second-order valence-corrected chi connectivity index (χ2v) is 6.27. The lowest BCUT2D eigenvalue weighted by Gasteiger charge is -2.09. The molecule has 1 aliphatic rings. The zero-order chi connectivity index (χ0) is 16.3. The van der Waals surface area contributed by atoms with Crippen LogP contribution in [0.1, 0.15) is 6.42 Å². The van der Waals surface area contributed by atoms with Gasteiger partial charge in [-0.3, -0.25) is 9.59 Å². The second-order valence-electron chi connectivity index (χ2n) is 4.25. The highest BCUT2D eigenvalue weighted by Crippen LogP contribution is 2.28. The Bertz CT molecular complexity index is 688. The fraction of sp³-hybridized carbons (Fsp3) is 0.167. The zero-order valence-electron chi connectivity index (χ0n) is 11.0. The quantitative estimate of drug-likeness (QED) is 0.558. The van der Waals surface area contributed by atoms with E-state index in [-0.39, 0.29) is 17.5 Å². The van der Waals surface area contributed by atoms with E-state index in [1.54, 1.807) is 12.1 Å². The van der Waals surface area contributed by atoms with Crippen molar-refractivity contribution in [2.45, 2.75) is 11.7 Å². The Balaban J connectivity index is 1.98. The summed E-state index contributed by atoms with van der Waals surface area (Å²) in [5.41, 5.74) is 10.8. The second kappa shape index (κ2) is 6.99. The zero-order valence-corrected chi connectivity index (χ0v) is 13.4. The van der Waals surface area contributed by atoms with E-state index in [4.69, 9.17) is 34.7 Å². The molecular weight excluding hydrogens is 349 g/mol. The van der Waals surface area contributed by atoms with Gasteiger partial charge >= 0.3 is 0 Å². The van der Waals surface area contributed by atoms with Crippen molar-refractivity contribution in [3.05, 3.63) is 28.2 Å². The number of carbonyl (C=O) groups excluding carboxylic acids is 2. The van der Waals surface area contributed by atoms with Crippen molar-refractivity contribution >= 4 is 63.6 Å². The molecule has 22 heavy (non-hydrogen) atoms.